The van der Waals surface area contributed by atoms with Gasteiger partial charge in [-0.05, 0) is 49.2 Å². The molecule has 1 atom stereocenters. The number of likely N-dealkylation sites (tertiary alicyclic amines) is 1. The van der Waals surface area contributed by atoms with Crippen LogP contribution in [-0.4, -0.2) is 31.6 Å². The molecule has 1 N–H and O–H groups in total. The molecule has 0 unspecified atom stereocenters. The van der Waals surface area contributed by atoms with Crippen LogP contribution in [0.4, 0.5) is 0 Å². The molecule has 3 rings (SSSR count). The second kappa shape index (κ2) is 4.67. The first-order chi connectivity index (χ1) is 8.38. The van der Waals surface area contributed by atoms with E-state index in [1.165, 1.54) is 37.1 Å². The quantitative estimate of drug-likeness (QED) is 0.843. The van der Waals surface area contributed by atoms with Crippen molar-refractivity contribution in [3.8, 4) is 5.75 Å². The van der Waals surface area contributed by atoms with Crippen LogP contribution < -0.4 is 10.1 Å². The van der Waals surface area contributed by atoms with Gasteiger partial charge in [0.15, 0.2) is 0 Å². The molecule has 0 radical (unpaired) electrons. The summed E-state index contributed by atoms with van der Waals surface area (Å²) in [5.74, 6) is 0.981. The van der Waals surface area contributed by atoms with Gasteiger partial charge in [-0.1, -0.05) is 6.07 Å². The standard InChI is InChI=1S/C14H20N2O/c1-17-12-5-4-11-9-15-10-14(13(11)8-12)16-6-2-3-7-16/h4-5,8,14-15H,2-3,6-7,9-10H2,1H3/t14-/m1/s1. The van der Waals surface area contributed by atoms with Gasteiger partial charge < -0.3 is 10.1 Å². The third-order valence-electron chi connectivity index (χ3n) is 3.95. The van der Waals surface area contributed by atoms with Crippen LogP contribution in [-0.2, 0) is 6.54 Å². The number of methoxy groups -OCH3 is 1. The maximum absolute atomic E-state index is 5.35. The van der Waals surface area contributed by atoms with Crippen molar-refractivity contribution in [2.45, 2.75) is 25.4 Å². The molecule has 17 heavy (non-hydrogen) atoms. The van der Waals surface area contributed by atoms with Crippen LogP contribution in [0.15, 0.2) is 18.2 Å². The van der Waals surface area contributed by atoms with Crippen molar-refractivity contribution in [1.82, 2.24) is 10.2 Å². The molecule has 3 heteroatoms. The summed E-state index contributed by atoms with van der Waals surface area (Å²) in [5, 5.41) is 3.52. The van der Waals surface area contributed by atoms with Crippen molar-refractivity contribution in [3.63, 3.8) is 0 Å². The Bertz CT molecular complexity index is 399. The van der Waals surface area contributed by atoms with E-state index in [0.29, 0.717) is 6.04 Å². The lowest BCUT2D eigenvalue weighted by molar-refractivity contribution is 0.228. The number of hydrogen-bond donors (Lipinski definition) is 1. The van der Waals surface area contributed by atoms with Crippen LogP contribution in [0.1, 0.15) is 30.0 Å². The zero-order valence-electron chi connectivity index (χ0n) is 10.4. The van der Waals surface area contributed by atoms with E-state index in [4.69, 9.17) is 4.74 Å². The largest absolute Gasteiger partial charge is 0.497 e. The minimum atomic E-state index is 0.538. The fourth-order valence-corrected chi connectivity index (χ4v) is 3.00. The van der Waals surface area contributed by atoms with E-state index in [1.807, 2.05) is 0 Å². The lowest BCUT2D eigenvalue weighted by Gasteiger charge is -2.33. The van der Waals surface area contributed by atoms with Gasteiger partial charge in [-0.2, -0.15) is 0 Å². The van der Waals surface area contributed by atoms with Crippen molar-refractivity contribution in [1.29, 1.82) is 0 Å². The fraction of sp³-hybridized carbons (Fsp3) is 0.571. The lowest BCUT2D eigenvalue weighted by Crippen LogP contribution is -2.38. The summed E-state index contributed by atoms with van der Waals surface area (Å²) in [6, 6.07) is 7.02. The Morgan fingerprint density at radius 3 is 2.88 bits per heavy atom. The topological polar surface area (TPSA) is 24.5 Å². The van der Waals surface area contributed by atoms with Crippen LogP contribution in [0.25, 0.3) is 0 Å². The van der Waals surface area contributed by atoms with E-state index in [1.54, 1.807) is 7.11 Å². The van der Waals surface area contributed by atoms with Gasteiger partial charge in [0.1, 0.15) is 5.75 Å². The van der Waals surface area contributed by atoms with E-state index >= 15 is 0 Å². The SMILES string of the molecule is COc1ccc2c(c1)[C@H](N1CCCC1)CNC2. The average molecular weight is 232 g/mol. The molecule has 2 heterocycles. The molecular formula is C14H20N2O. The molecule has 0 bridgehead atoms. The summed E-state index contributed by atoms with van der Waals surface area (Å²) in [4.78, 5) is 2.60. The zero-order valence-corrected chi connectivity index (χ0v) is 10.4. The Balaban J connectivity index is 1.93. The van der Waals surface area contributed by atoms with Gasteiger partial charge in [-0.25, -0.2) is 0 Å². The smallest absolute Gasteiger partial charge is 0.119 e. The Morgan fingerprint density at radius 1 is 1.29 bits per heavy atom. The van der Waals surface area contributed by atoms with Gasteiger partial charge in [0.25, 0.3) is 0 Å². The first kappa shape index (κ1) is 11.1. The van der Waals surface area contributed by atoms with Crippen molar-refractivity contribution in [3.05, 3.63) is 29.3 Å². The van der Waals surface area contributed by atoms with Gasteiger partial charge in [0, 0.05) is 19.1 Å². The summed E-state index contributed by atoms with van der Waals surface area (Å²) in [6.45, 7) is 4.54. The summed E-state index contributed by atoms with van der Waals surface area (Å²) in [6.07, 6.45) is 2.69. The first-order valence-electron chi connectivity index (χ1n) is 6.50. The van der Waals surface area contributed by atoms with Gasteiger partial charge in [-0.15, -0.1) is 0 Å². The Labute approximate surface area is 103 Å². The lowest BCUT2D eigenvalue weighted by atomic mass is 9.95. The van der Waals surface area contributed by atoms with E-state index < -0.39 is 0 Å². The molecular weight excluding hydrogens is 212 g/mol. The summed E-state index contributed by atoms with van der Waals surface area (Å²) < 4.78 is 5.35. The average Bonchev–Trinajstić information content (AvgIpc) is 2.91. The van der Waals surface area contributed by atoms with Gasteiger partial charge in [-0.3, -0.25) is 4.90 Å². The van der Waals surface area contributed by atoms with E-state index in [-0.39, 0.29) is 0 Å². The number of rotatable bonds is 2. The number of benzene rings is 1. The fourth-order valence-electron chi connectivity index (χ4n) is 3.00. The molecule has 1 aromatic rings. The summed E-state index contributed by atoms with van der Waals surface area (Å²) >= 11 is 0. The predicted octanol–water partition coefficient (Wildman–Crippen LogP) is 1.94. The molecule has 3 nitrogen and oxygen atoms in total. The zero-order chi connectivity index (χ0) is 11.7. The second-order valence-corrected chi connectivity index (χ2v) is 4.95. The minimum Gasteiger partial charge on any atom is -0.497 e. The monoisotopic (exact) mass is 232 g/mol. The Hall–Kier alpha value is -1.06. The van der Waals surface area contributed by atoms with Gasteiger partial charge in [0.2, 0.25) is 0 Å². The maximum Gasteiger partial charge on any atom is 0.119 e. The van der Waals surface area contributed by atoms with Crippen LogP contribution in [0, 0.1) is 0 Å². The number of nitrogens with zero attached hydrogens (tertiary/aromatic N) is 1. The third-order valence-corrected chi connectivity index (χ3v) is 3.95. The normalized spacial score (nSPS) is 24.6. The summed E-state index contributed by atoms with van der Waals surface area (Å²) in [5.41, 5.74) is 2.89. The Kier molecular flexibility index (Phi) is 3.04. The molecule has 92 valence electrons. The molecule has 0 spiro atoms. The predicted molar refractivity (Wildman–Crippen MR) is 68.2 cm³/mol. The van der Waals surface area contributed by atoms with Crippen molar-refractivity contribution in [2.75, 3.05) is 26.7 Å². The minimum absolute atomic E-state index is 0.538. The molecule has 2 aliphatic rings. The van der Waals surface area contributed by atoms with E-state index in [0.717, 1.165) is 18.8 Å². The highest BCUT2D eigenvalue weighted by molar-refractivity contribution is 5.39. The van der Waals surface area contributed by atoms with Crippen molar-refractivity contribution in [2.24, 2.45) is 0 Å². The first-order valence-corrected chi connectivity index (χ1v) is 6.50. The van der Waals surface area contributed by atoms with Crippen LogP contribution in [0.2, 0.25) is 0 Å². The van der Waals surface area contributed by atoms with Gasteiger partial charge in [0.05, 0.1) is 7.11 Å². The third kappa shape index (κ3) is 2.05. The molecule has 1 fully saturated rings. The van der Waals surface area contributed by atoms with Crippen LogP contribution in [0.3, 0.4) is 0 Å². The number of nitrogens with one attached hydrogen (secondary N) is 1. The van der Waals surface area contributed by atoms with Crippen LogP contribution in [0.5, 0.6) is 5.75 Å². The highest BCUT2D eigenvalue weighted by atomic mass is 16.5. The molecule has 0 aromatic heterocycles. The summed E-state index contributed by atoms with van der Waals surface area (Å²) in [7, 11) is 1.74. The molecule has 1 saturated heterocycles. The second-order valence-electron chi connectivity index (χ2n) is 4.95. The maximum atomic E-state index is 5.35. The van der Waals surface area contributed by atoms with Crippen molar-refractivity contribution < 1.29 is 4.74 Å². The molecule has 0 saturated carbocycles. The van der Waals surface area contributed by atoms with Gasteiger partial charge >= 0.3 is 0 Å². The van der Waals surface area contributed by atoms with Crippen LogP contribution >= 0.6 is 0 Å². The molecule has 0 aliphatic carbocycles. The molecule has 0 amide bonds. The Morgan fingerprint density at radius 2 is 2.12 bits per heavy atom. The highest BCUT2D eigenvalue weighted by Gasteiger charge is 2.27. The molecule has 2 aliphatic heterocycles. The highest BCUT2D eigenvalue weighted by Crippen LogP contribution is 2.32. The molecule has 1 aromatic carbocycles. The van der Waals surface area contributed by atoms with Crippen molar-refractivity contribution >= 4 is 0 Å². The number of ether oxygens (including phenoxy) is 1. The van der Waals surface area contributed by atoms with E-state index in [2.05, 4.69) is 28.4 Å². The van der Waals surface area contributed by atoms with E-state index in [9.17, 15) is 0 Å². The number of hydrogen-bond acceptors (Lipinski definition) is 3. The number of fused-ring (bicyclic) bond motifs is 1.